The van der Waals surface area contributed by atoms with E-state index in [0.717, 1.165) is 27.5 Å². The maximum absolute atomic E-state index is 12.6. The SMILES string of the molecule is COc1cccc(NC(=S)NCCN2C(=O)S/C(=C\c3cccc(Br)c3)C2=O)c1. The van der Waals surface area contributed by atoms with E-state index in [1.807, 2.05) is 48.5 Å². The molecule has 0 atom stereocenters. The third-order valence-electron chi connectivity index (χ3n) is 3.97. The van der Waals surface area contributed by atoms with Crippen molar-refractivity contribution in [2.75, 3.05) is 25.5 Å². The van der Waals surface area contributed by atoms with E-state index in [1.54, 1.807) is 13.2 Å². The van der Waals surface area contributed by atoms with E-state index in [4.69, 9.17) is 17.0 Å². The second-order valence-electron chi connectivity index (χ2n) is 6.00. The second kappa shape index (κ2) is 9.91. The summed E-state index contributed by atoms with van der Waals surface area (Å²) < 4.78 is 6.08. The molecule has 0 saturated carbocycles. The first kappa shape index (κ1) is 21.4. The summed E-state index contributed by atoms with van der Waals surface area (Å²) >= 11 is 9.60. The van der Waals surface area contributed by atoms with Crippen LogP contribution in [0.3, 0.4) is 0 Å². The van der Waals surface area contributed by atoms with Crippen LogP contribution in [0.15, 0.2) is 57.9 Å². The maximum atomic E-state index is 12.6. The maximum Gasteiger partial charge on any atom is 0.293 e. The number of nitrogens with one attached hydrogen (secondary N) is 2. The van der Waals surface area contributed by atoms with Crippen molar-refractivity contribution in [3.8, 4) is 5.75 Å². The Balaban J connectivity index is 1.53. The van der Waals surface area contributed by atoms with E-state index in [-0.39, 0.29) is 17.7 Å². The van der Waals surface area contributed by atoms with Gasteiger partial charge in [0.15, 0.2) is 5.11 Å². The summed E-state index contributed by atoms with van der Waals surface area (Å²) in [6, 6.07) is 14.9. The smallest absolute Gasteiger partial charge is 0.293 e. The molecule has 3 rings (SSSR count). The molecule has 1 aliphatic heterocycles. The van der Waals surface area contributed by atoms with Crippen LogP contribution >= 0.6 is 39.9 Å². The lowest BCUT2D eigenvalue weighted by Gasteiger charge is -2.15. The van der Waals surface area contributed by atoms with Crippen LogP contribution in [0, 0.1) is 0 Å². The van der Waals surface area contributed by atoms with Gasteiger partial charge < -0.3 is 15.4 Å². The first-order chi connectivity index (χ1) is 14.0. The van der Waals surface area contributed by atoms with E-state index >= 15 is 0 Å². The van der Waals surface area contributed by atoms with Crippen molar-refractivity contribution in [1.82, 2.24) is 10.2 Å². The van der Waals surface area contributed by atoms with Gasteiger partial charge in [-0.3, -0.25) is 14.5 Å². The molecule has 1 aliphatic rings. The standard InChI is InChI=1S/C20H18BrN3O3S2/c1-27-16-7-3-6-15(12-16)23-19(28)22-8-9-24-18(25)17(29-20(24)26)11-13-4-2-5-14(21)10-13/h2-7,10-12H,8-9H2,1H3,(H2,22,23,28)/b17-11-. The van der Waals surface area contributed by atoms with E-state index in [2.05, 4.69) is 26.6 Å². The number of anilines is 1. The molecule has 150 valence electrons. The van der Waals surface area contributed by atoms with Crippen molar-refractivity contribution in [2.24, 2.45) is 0 Å². The minimum atomic E-state index is -0.298. The van der Waals surface area contributed by atoms with Crippen LogP contribution in [0.5, 0.6) is 5.75 Å². The first-order valence-corrected chi connectivity index (χ1v) is 10.7. The van der Waals surface area contributed by atoms with E-state index in [1.165, 1.54) is 4.90 Å². The lowest BCUT2D eigenvalue weighted by Crippen LogP contribution is -2.38. The summed E-state index contributed by atoms with van der Waals surface area (Å²) in [5, 5.41) is 6.16. The number of amides is 2. The molecule has 0 aliphatic carbocycles. The summed E-state index contributed by atoms with van der Waals surface area (Å²) in [5.41, 5.74) is 1.64. The van der Waals surface area contributed by atoms with Gasteiger partial charge in [0.2, 0.25) is 0 Å². The minimum absolute atomic E-state index is 0.223. The number of nitrogens with zero attached hydrogens (tertiary/aromatic N) is 1. The normalized spacial score (nSPS) is 15.0. The zero-order valence-corrected chi connectivity index (χ0v) is 18.7. The van der Waals surface area contributed by atoms with Gasteiger partial charge in [-0.1, -0.05) is 34.1 Å². The fourth-order valence-corrected chi connectivity index (χ4v) is 4.10. The highest BCUT2D eigenvalue weighted by Gasteiger charge is 2.34. The van der Waals surface area contributed by atoms with Crippen molar-refractivity contribution >= 4 is 67.9 Å². The molecule has 2 amide bonds. The number of imide groups is 1. The number of carbonyl (C=O) groups is 2. The second-order valence-corrected chi connectivity index (χ2v) is 8.32. The van der Waals surface area contributed by atoms with Crippen molar-refractivity contribution in [3.05, 3.63) is 63.5 Å². The molecule has 2 aromatic rings. The zero-order chi connectivity index (χ0) is 20.8. The summed E-state index contributed by atoms with van der Waals surface area (Å²) in [7, 11) is 1.59. The molecule has 0 spiro atoms. The number of hydrogen-bond donors (Lipinski definition) is 2. The fraction of sp³-hybridized carbons (Fsp3) is 0.150. The number of halogens is 1. The summed E-state index contributed by atoms with van der Waals surface area (Å²) in [6.07, 6.45) is 1.72. The molecular formula is C20H18BrN3O3S2. The molecule has 0 bridgehead atoms. The van der Waals surface area contributed by atoms with Gasteiger partial charge in [0.05, 0.1) is 12.0 Å². The predicted octanol–water partition coefficient (Wildman–Crippen LogP) is 4.48. The molecule has 0 unspecified atom stereocenters. The highest BCUT2D eigenvalue weighted by molar-refractivity contribution is 9.10. The number of benzene rings is 2. The van der Waals surface area contributed by atoms with Gasteiger partial charge in [-0.05, 0) is 59.9 Å². The summed E-state index contributed by atoms with van der Waals surface area (Å²) in [6.45, 7) is 0.568. The molecule has 0 radical (unpaired) electrons. The van der Waals surface area contributed by atoms with Crippen molar-refractivity contribution in [2.45, 2.75) is 0 Å². The molecule has 2 aromatic carbocycles. The number of thioether (sulfide) groups is 1. The van der Waals surface area contributed by atoms with Crippen LogP contribution in [0.25, 0.3) is 6.08 Å². The van der Waals surface area contributed by atoms with Crippen molar-refractivity contribution in [1.29, 1.82) is 0 Å². The van der Waals surface area contributed by atoms with Crippen LogP contribution < -0.4 is 15.4 Å². The van der Waals surface area contributed by atoms with Gasteiger partial charge in [0.1, 0.15) is 5.75 Å². The fourth-order valence-electron chi connectivity index (χ4n) is 2.60. The largest absolute Gasteiger partial charge is 0.497 e. The van der Waals surface area contributed by atoms with E-state index in [0.29, 0.717) is 22.3 Å². The minimum Gasteiger partial charge on any atom is -0.497 e. The lowest BCUT2D eigenvalue weighted by molar-refractivity contribution is -0.122. The molecule has 2 N–H and O–H groups in total. The third-order valence-corrected chi connectivity index (χ3v) is 5.62. The molecule has 29 heavy (non-hydrogen) atoms. The molecule has 6 nitrogen and oxygen atoms in total. The molecule has 1 heterocycles. The summed E-state index contributed by atoms with van der Waals surface area (Å²) in [5.74, 6) is 0.418. The first-order valence-electron chi connectivity index (χ1n) is 8.66. The topological polar surface area (TPSA) is 70.7 Å². The number of hydrogen-bond acceptors (Lipinski definition) is 5. The zero-order valence-electron chi connectivity index (χ0n) is 15.5. The number of methoxy groups -OCH3 is 1. The Morgan fingerprint density at radius 3 is 2.79 bits per heavy atom. The Kier molecular flexibility index (Phi) is 7.29. The predicted molar refractivity (Wildman–Crippen MR) is 124 cm³/mol. The van der Waals surface area contributed by atoms with Gasteiger partial charge in [-0.2, -0.15) is 0 Å². The molecule has 9 heteroatoms. The Bertz CT molecular complexity index is 981. The highest BCUT2D eigenvalue weighted by atomic mass is 79.9. The number of ether oxygens (including phenoxy) is 1. The molecule has 1 saturated heterocycles. The van der Waals surface area contributed by atoms with Gasteiger partial charge in [0.25, 0.3) is 11.1 Å². The quantitative estimate of drug-likeness (QED) is 0.455. The third kappa shape index (κ3) is 5.81. The van der Waals surface area contributed by atoms with Gasteiger partial charge in [-0.25, -0.2) is 0 Å². The number of rotatable bonds is 6. The van der Waals surface area contributed by atoms with E-state index in [9.17, 15) is 9.59 Å². The van der Waals surface area contributed by atoms with Crippen LogP contribution in [-0.4, -0.2) is 41.4 Å². The highest BCUT2D eigenvalue weighted by Crippen LogP contribution is 2.32. The van der Waals surface area contributed by atoms with Crippen molar-refractivity contribution < 1.29 is 14.3 Å². The average molecular weight is 492 g/mol. The number of thiocarbonyl (C=S) groups is 1. The van der Waals surface area contributed by atoms with Crippen LogP contribution in [-0.2, 0) is 4.79 Å². The monoisotopic (exact) mass is 491 g/mol. The lowest BCUT2D eigenvalue weighted by atomic mass is 10.2. The van der Waals surface area contributed by atoms with Crippen molar-refractivity contribution in [3.63, 3.8) is 0 Å². The summed E-state index contributed by atoms with van der Waals surface area (Å²) in [4.78, 5) is 26.4. The molecular weight excluding hydrogens is 474 g/mol. The molecule has 0 aromatic heterocycles. The van der Waals surface area contributed by atoms with Crippen LogP contribution in [0.1, 0.15) is 5.56 Å². The van der Waals surface area contributed by atoms with Crippen LogP contribution in [0.4, 0.5) is 10.5 Å². The Morgan fingerprint density at radius 1 is 1.24 bits per heavy atom. The Hall–Kier alpha value is -2.36. The van der Waals surface area contributed by atoms with Crippen LogP contribution in [0.2, 0.25) is 0 Å². The Morgan fingerprint density at radius 2 is 2.03 bits per heavy atom. The Labute approximate surface area is 186 Å². The van der Waals surface area contributed by atoms with Gasteiger partial charge in [0, 0.05) is 29.3 Å². The van der Waals surface area contributed by atoms with E-state index < -0.39 is 0 Å². The van der Waals surface area contributed by atoms with Gasteiger partial charge in [-0.15, -0.1) is 0 Å². The number of carbonyl (C=O) groups excluding carboxylic acids is 2. The van der Waals surface area contributed by atoms with Gasteiger partial charge >= 0.3 is 0 Å². The average Bonchev–Trinajstić information content (AvgIpc) is 2.95. The molecule has 1 fully saturated rings.